The highest BCUT2D eigenvalue weighted by molar-refractivity contribution is 7.91. The highest BCUT2D eigenvalue weighted by Gasteiger charge is 2.31. The van der Waals surface area contributed by atoms with E-state index in [4.69, 9.17) is 27.9 Å². The topological polar surface area (TPSA) is 114 Å². The Balaban J connectivity index is 1.66. The molecule has 0 atom stereocenters. The van der Waals surface area contributed by atoms with Crippen LogP contribution >= 0.6 is 23.2 Å². The van der Waals surface area contributed by atoms with Crippen molar-refractivity contribution in [1.29, 1.82) is 0 Å². The molecule has 9 nitrogen and oxygen atoms in total. The second-order valence-corrected chi connectivity index (χ2v) is 11.9. The summed E-state index contributed by atoms with van der Waals surface area (Å²) in [6.45, 7) is 6.32. The summed E-state index contributed by atoms with van der Waals surface area (Å²) in [5.41, 5.74) is -0.401. The number of aromatic amines is 1. The molecule has 3 heterocycles. The SMILES string of the molecule is CC(C)(C)OC(=O)N1CCC(c2cc(=O)[nH]c3c(S(=O)(=O)c4ccc(Cl)cc4Cl)cnn23)CC1. The lowest BCUT2D eigenvalue weighted by atomic mass is 9.93. The second kappa shape index (κ2) is 8.90. The van der Waals surface area contributed by atoms with Crippen LogP contribution in [0.4, 0.5) is 4.79 Å². The lowest BCUT2D eigenvalue weighted by molar-refractivity contribution is 0.0203. The molecule has 1 aromatic carbocycles. The van der Waals surface area contributed by atoms with Gasteiger partial charge in [-0.3, -0.25) is 4.79 Å². The van der Waals surface area contributed by atoms with E-state index in [9.17, 15) is 18.0 Å². The summed E-state index contributed by atoms with van der Waals surface area (Å²) >= 11 is 12.0. The first-order valence-electron chi connectivity index (χ1n) is 10.7. The Bertz CT molecular complexity index is 1420. The number of rotatable bonds is 3. The van der Waals surface area contributed by atoms with E-state index in [0.29, 0.717) is 36.6 Å². The van der Waals surface area contributed by atoms with Gasteiger partial charge < -0.3 is 14.6 Å². The number of hydrogen-bond acceptors (Lipinski definition) is 6. The zero-order chi connectivity index (χ0) is 24.8. The van der Waals surface area contributed by atoms with Crippen LogP contribution in [-0.2, 0) is 14.6 Å². The summed E-state index contributed by atoms with van der Waals surface area (Å²) in [6.07, 6.45) is 1.96. The van der Waals surface area contributed by atoms with Gasteiger partial charge in [-0.2, -0.15) is 5.10 Å². The maximum atomic E-state index is 13.3. The minimum absolute atomic E-state index is 0.0279. The van der Waals surface area contributed by atoms with Gasteiger partial charge >= 0.3 is 6.09 Å². The van der Waals surface area contributed by atoms with E-state index in [0.717, 1.165) is 0 Å². The van der Waals surface area contributed by atoms with Crippen molar-refractivity contribution in [2.75, 3.05) is 13.1 Å². The second-order valence-electron chi connectivity index (χ2n) is 9.15. The molecule has 0 aliphatic carbocycles. The van der Waals surface area contributed by atoms with Crippen molar-refractivity contribution in [3.05, 3.63) is 56.6 Å². The number of benzene rings is 1. The Hall–Kier alpha value is -2.56. The van der Waals surface area contributed by atoms with E-state index in [1.807, 2.05) is 20.8 Å². The van der Waals surface area contributed by atoms with Crippen LogP contribution < -0.4 is 5.56 Å². The predicted octanol–water partition coefficient (Wildman–Crippen LogP) is 4.28. The standard InChI is InChI=1S/C22H24Cl2N4O5S/c1-22(2,3)33-21(30)27-8-6-13(7-9-27)16-11-19(29)26-20-18(12-25-28(16)20)34(31,32)17-5-4-14(23)10-15(17)24/h4-5,10-13H,6-9H2,1-3H3,(H,26,29). The van der Waals surface area contributed by atoms with Crippen molar-refractivity contribution in [2.45, 2.75) is 54.9 Å². The van der Waals surface area contributed by atoms with Crippen molar-refractivity contribution < 1.29 is 17.9 Å². The molecule has 1 saturated heterocycles. The normalized spacial score (nSPS) is 15.6. The van der Waals surface area contributed by atoms with E-state index in [1.165, 1.54) is 35.0 Å². The van der Waals surface area contributed by atoms with Crippen LogP contribution in [0.1, 0.15) is 45.2 Å². The summed E-state index contributed by atoms with van der Waals surface area (Å²) in [6, 6.07) is 5.50. The number of H-pyrrole nitrogens is 1. The molecule has 1 N–H and O–H groups in total. The molecular weight excluding hydrogens is 503 g/mol. The zero-order valence-corrected chi connectivity index (χ0v) is 21.2. The van der Waals surface area contributed by atoms with Gasteiger partial charge in [-0.15, -0.1) is 0 Å². The summed E-state index contributed by atoms with van der Waals surface area (Å²) in [5.74, 6) is -0.0990. The summed E-state index contributed by atoms with van der Waals surface area (Å²) < 4.78 is 33.5. The van der Waals surface area contributed by atoms with Gasteiger partial charge in [0.25, 0.3) is 5.56 Å². The van der Waals surface area contributed by atoms with E-state index < -0.39 is 21.0 Å². The highest BCUT2D eigenvalue weighted by Crippen LogP contribution is 2.33. The molecule has 4 rings (SSSR count). The fraction of sp³-hybridized carbons (Fsp3) is 0.409. The number of fused-ring (bicyclic) bond motifs is 1. The van der Waals surface area contributed by atoms with E-state index in [2.05, 4.69) is 10.1 Å². The molecule has 0 spiro atoms. The fourth-order valence-corrected chi connectivity index (χ4v) is 6.07. The molecule has 1 aliphatic rings. The number of piperidine rings is 1. The average molecular weight is 527 g/mol. The number of carbonyl (C=O) groups is 1. The minimum atomic E-state index is -4.08. The maximum Gasteiger partial charge on any atom is 0.410 e. The zero-order valence-electron chi connectivity index (χ0n) is 18.8. The number of nitrogens with one attached hydrogen (secondary N) is 1. The number of carbonyl (C=O) groups excluding carboxylic acids is 1. The van der Waals surface area contributed by atoms with Crippen molar-refractivity contribution in [2.24, 2.45) is 0 Å². The molecular formula is C22H24Cl2N4O5S. The van der Waals surface area contributed by atoms with E-state index in [-0.39, 0.29) is 32.5 Å². The first kappa shape index (κ1) is 24.6. The number of nitrogens with zero attached hydrogens (tertiary/aromatic N) is 3. The third kappa shape index (κ3) is 4.80. The Kier molecular flexibility index (Phi) is 6.43. The molecule has 0 radical (unpaired) electrons. The lowest BCUT2D eigenvalue weighted by Gasteiger charge is -2.33. The molecule has 0 saturated carbocycles. The Morgan fingerprint density at radius 1 is 1.15 bits per heavy atom. The number of likely N-dealkylation sites (tertiary alicyclic amines) is 1. The van der Waals surface area contributed by atoms with Crippen molar-refractivity contribution in [3.63, 3.8) is 0 Å². The Labute approximate surface area is 206 Å². The largest absolute Gasteiger partial charge is 0.444 e. The summed E-state index contributed by atoms with van der Waals surface area (Å²) in [7, 11) is -4.08. The summed E-state index contributed by atoms with van der Waals surface area (Å²) in [4.78, 5) is 28.8. The number of amides is 1. The molecule has 3 aromatic rings. The monoisotopic (exact) mass is 526 g/mol. The number of halogens is 2. The Morgan fingerprint density at radius 3 is 2.44 bits per heavy atom. The van der Waals surface area contributed by atoms with Crippen molar-refractivity contribution in [1.82, 2.24) is 19.5 Å². The first-order chi connectivity index (χ1) is 15.9. The van der Waals surface area contributed by atoms with Crippen LogP contribution in [0, 0.1) is 0 Å². The van der Waals surface area contributed by atoms with Crippen LogP contribution in [0.2, 0.25) is 10.0 Å². The number of ether oxygens (including phenoxy) is 1. The smallest absolute Gasteiger partial charge is 0.410 e. The molecule has 1 aliphatic heterocycles. The van der Waals surface area contributed by atoms with Gasteiger partial charge in [0.15, 0.2) is 5.65 Å². The quantitative estimate of drug-likeness (QED) is 0.544. The predicted molar refractivity (Wildman–Crippen MR) is 128 cm³/mol. The molecule has 34 heavy (non-hydrogen) atoms. The first-order valence-corrected chi connectivity index (χ1v) is 12.9. The van der Waals surface area contributed by atoms with Gasteiger partial charge in [0.1, 0.15) is 10.5 Å². The molecule has 2 aromatic heterocycles. The fourth-order valence-electron chi connectivity index (χ4n) is 3.98. The van der Waals surface area contributed by atoms with Gasteiger partial charge in [-0.05, 0) is 51.8 Å². The molecule has 0 bridgehead atoms. The number of hydrogen-bond donors (Lipinski definition) is 1. The third-order valence-electron chi connectivity index (χ3n) is 5.54. The van der Waals surface area contributed by atoms with Crippen molar-refractivity contribution in [3.8, 4) is 0 Å². The molecule has 1 fully saturated rings. The average Bonchev–Trinajstić information content (AvgIpc) is 3.16. The molecule has 12 heteroatoms. The number of aromatic nitrogens is 3. The van der Waals surface area contributed by atoms with Crippen LogP contribution in [0.5, 0.6) is 0 Å². The van der Waals surface area contributed by atoms with Gasteiger partial charge in [-0.25, -0.2) is 17.7 Å². The Morgan fingerprint density at radius 2 is 1.82 bits per heavy atom. The maximum absolute atomic E-state index is 13.3. The summed E-state index contributed by atoms with van der Waals surface area (Å²) in [5, 5.41) is 4.54. The van der Waals surface area contributed by atoms with Crippen LogP contribution in [-0.4, -0.2) is 52.7 Å². The van der Waals surface area contributed by atoms with E-state index >= 15 is 0 Å². The molecule has 1 amide bonds. The minimum Gasteiger partial charge on any atom is -0.444 e. The van der Waals surface area contributed by atoms with Gasteiger partial charge in [-0.1, -0.05) is 23.2 Å². The van der Waals surface area contributed by atoms with E-state index in [1.54, 1.807) is 4.90 Å². The lowest BCUT2D eigenvalue weighted by Crippen LogP contribution is -2.41. The van der Waals surface area contributed by atoms with Crippen LogP contribution in [0.3, 0.4) is 0 Å². The van der Waals surface area contributed by atoms with Crippen LogP contribution in [0.15, 0.2) is 45.0 Å². The van der Waals surface area contributed by atoms with Gasteiger partial charge in [0, 0.05) is 30.1 Å². The van der Waals surface area contributed by atoms with Gasteiger partial charge in [0.2, 0.25) is 9.84 Å². The molecule has 182 valence electrons. The van der Waals surface area contributed by atoms with Crippen LogP contribution in [0.25, 0.3) is 5.65 Å². The highest BCUT2D eigenvalue weighted by atomic mass is 35.5. The van der Waals surface area contributed by atoms with Gasteiger partial charge in [0.05, 0.1) is 21.8 Å². The number of sulfone groups is 1. The van der Waals surface area contributed by atoms with Crippen molar-refractivity contribution >= 4 is 44.8 Å². The third-order valence-corrected chi connectivity index (χ3v) is 8.01. The molecule has 0 unspecified atom stereocenters.